The van der Waals surface area contributed by atoms with E-state index in [0.29, 0.717) is 0 Å². The summed E-state index contributed by atoms with van der Waals surface area (Å²) in [6.07, 6.45) is 0. The van der Waals surface area contributed by atoms with Crippen molar-refractivity contribution in [3.63, 3.8) is 0 Å². The molecule has 0 aliphatic carbocycles. The molecule has 0 atom stereocenters. The second-order valence-electron chi connectivity index (χ2n) is 5.22. The summed E-state index contributed by atoms with van der Waals surface area (Å²) in [5, 5.41) is 0. The van der Waals surface area contributed by atoms with Gasteiger partial charge in [0.05, 0.1) is 0 Å². The lowest BCUT2D eigenvalue weighted by atomic mass is 9.96. The molecule has 0 bridgehead atoms. The molecular formula is C18H21N. The number of anilines is 1. The first-order valence-electron chi connectivity index (χ1n) is 6.53. The highest BCUT2D eigenvalue weighted by molar-refractivity contribution is 5.79. The molecular weight excluding hydrogens is 230 g/mol. The van der Waals surface area contributed by atoms with E-state index in [-0.39, 0.29) is 0 Å². The highest BCUT2D eigenvalue weighted by atomic mass is 15.1. The number of hydrogen-bond donors (Lipinski definition) is 0. The molecule has 19 heavy (non-hydrogen) atoms. The molecule has 0 amide bonds. The van der Waals surface area contributed by atoms with Gasteiger partial charge in [-0.2, -0.15) is 0 Å². The Balaban J connectivity index is 2.30. The van der Waals surface area contributed by atoms with Crippen LogP contribution < -0.4 is 4.90 Å². The van der Waals surface area contributed by atoms with Gasteiger partial charge in [-0.05, 0) is 53.8 Å². The summed E-state index contributed by atoms with van der Waals surface area (Å²) < 4.78 is 0. The van der Waals surface area contributed by atoms with Gasteiger partial charge >= 0.3 is 0 Å². The average Bonchev–Trinajstić information content (AvgIpc) is 2.41. The number of rotatable bonds is 3. The summed E-state index contributed by atoms with van der Waals surface area (Å²) in [5.74, 6) is 0. The molecule has 98 valence electrons. The molecule has 0 aliphatic rings. The van der Waals surface area contributed by atoms with Crippen molar-refractivity contribution in [2.24, 2.45) is 0 Å². The van der Waals surface area contributed by atoms with Crippen LogP contribution in [0.4, 0.5) is 5.69 Å². The molecule has 1 nitrogen and oxygen atoms in total. The van der Waals surface area contributed by atoms with Gasteiger partial charge < -0.3 is 4.90 Å². The molecule has 0 spiro atoms. The lowest BCUT2D eigenvalue weighted by Crippen LogP contribution is -2.08. The van der Waals surface area contributed by atoms with Crippen LogP contribution in [0.3, 0.4) is 0 Å². The van der Waals surface area contributed by atoms with E-state index in [1.807, 2.05) is 14.1 Å². The van der Waals surface area contributed by atoms with Crippen LogP contribution in [0.1, 0.15) is 22.3 Å². The molecule has 0 N–H and O–H groups in total. The Kier molecular flexibility index (Phi) is 3.75. The van der Waals surface area contributed by atoms with E-state index in [9.17, 15) is 0 Å². The topological polar surface area (TPSA) is 3.24 Å². The molecule has 0 radical (unpaired) electrons. The van der Waals surface area contributed by atoms with Crippen molar-refractivity contribution in [2.75, 3.05) is 19.0 Å². The van der Waals surface area contributed by atoms with Crippen LogP contribution in [-0.2, 0) is 0 Å². The Morgan fingerprint density at radius 2 is 1.42 bits per heavy atom. The predicted molar refractivity (Wildman–Crippen MR) is 84.8 cm³/mol. The fourth-order valence-electron chi connectivity index (χ4n) is 2.06. The second kappa shape index (κ2) is 5.31. The maximum Gasteiger partial charge on any atom is 0.0361 e. The fourth-order valence-corrected chi connectivity index (χ4v) is 2.06. The van der Waals surface area contributed by atoms with Crippen molar-refractivity contribution in [3.8, 4) is 0 Å². The van der Waals surface area contributed by atoms with Crippen molar-refractivity contribution in [3.05, 3.63) is 71.3 Å². The highest BCUT2D eigenvalue weighted by Crippen LogP contribution is 2.25. The molecule has 0 saturated carbocycles. The lowest BCUT2D eigenvalue weighted by Gasteiger charge is -2.14. The van der Waals surface area contributed by atoms with E-state index in [2.05, 4.69) is 67.8 Å². The third-order valence-electron chi connectivity index (χ3n) is 3.59. The number of benzene rings is 2. The Hall–Kier alpha value is -2.02. The van der Waals surface area contributed by atoms with Crippen LogP contribution in [0.25, 0.3) is 5.57 Å². The van der Waals surface area contributed by atoms with Crippen molar-refractivity contribution in [1.29, 1.82) is 0 Å². The molecule has 2 aromatic carbocycles. The highest BCUT2D eigenvalue weighted by Gasteiger charge is 2.04. The summed E-state index contributed by atoms with van der Waals surface area (Å²) in [6, 6.07) is 15.0. The Morgan fingerprint density at radius 3 is 1.95 bits per heavy atom. The first-order valence-corrected chi connectivity index (χ1v) is 6.53. The SMILES string of the molecule is C=C(c1ccc(N(C)C)cc1)c1ccc(C)c(C)c1. The van der Waals surface area contributed by atoms with E-state index in [1.54, 1.807) is 0 Å². The monoisotopic (exact) mass is 251 g/mol. The molecule has 0 heterocycles. The number of nitrogens with zero attached hydrogens (tertiary/aromatic N) is 1. The van der Waals surface area contributed by atoms with Gasteiger partial charge in [-0.25, -0.2) is 0 Å². The molecule has 2 aromatic rings. The van der Waals surface area contributed by atoms with E-state index in [4.69, 9.17) is 0 Å². The molecule has 0 fully saturated rings. The summed E-state index contributed by atoms with van der Waals surface area (Å²) in [7, 11) is 4.10. The van der Waals surface area contributed by atoms with E-state index in [1.165, 1.54) is 27.9 Å². The Morgan fingerprint density at radius 1 is 0.842 bits per heavy atom. The first kappa shape index (κ1) is 13.4. The third-order valence-corrected chi connectivity index (χ3v) is 3.59. The van der Waals surface area contributed by atoms with Gasteiger partial charge in [-0.15, -0.1) is 0 Å². The summed E-state index contributed by atoms with van der Waals surface area (Å²) in [4.78, 5) is 2.10. The molecule has 1 heteroatoms. The predicted octanol–water partition coefficient (Wildman–Crippen LogP) is 4.43. The van der Waals surface area contributed by atoms with E-state index in [0.717, 1.165) is 5.57 Å². The minimum Gasteiger partial charge on any atom is -0.378 e. The first-order chi connectivity index (χ1) is 8.99. The fraction of sp³-hybridized carbons (Fsp3) is 0.222. The van der Waals surface area contributed by atoms with Gasteiger partial charge in [-0.3, -0.25) is 0 Å². The number of hydrogen-bond acceptors (Lipinski definition) is 1. The third kappa shape index (κ3) is 2.87. The number of aryl methyl sites for hydroxylation is 2. The minimum atomic E-state index is 1.08. The van der Waals surface area contributed by atoms with Crippen molar-refractivity contribution >= 4 is 11.3 Å². The van der Waals surface area contributed by atoms with Gasteiger partial charge in [0, 0.05) is 19.8 Å². The smallest absolute Gasteiger partial charge is 0.0361 e. The largest absolute Gasteiger partial charge is 0.378 e. The van der Waals surface area contributed by atoms with Crippen molar-refractivity contribution in [1.82, 2.24) is 0 Å². The van der Waals surface area contributed by atoms with Gasteiger partial charge in [0.25, 0.3) is 0 Å². The van der Waals surface area contributed by atoms with Crippen LogP contribution in [0.5, 0.6) is 0 Å². The maximum atomic E-state index is 4.23. The van der Waals surface area contributed by atoms with Crippen LogP contribution in [-0.4, -0.2) is 14.1 Å². The van der Waals surface area contributed by atoms with Crippen molar-refractivity contribution in [2.45, 2.75) is 13.8 Å². The van der Waals surface area contributed by atoms with Gasteiger partial charge in [-0.1, -0.05) is 36.9 Å². The summed E-state index contributed by atoms with van der Waals surface area (Å²) >= 11 is 0. The zero-order chi connectivity index (χ0) is 14.0. The molecule has 0 saturated heterocycles. The standard InChI is InChI=1S/C18H21N/c1-13-6-7-17(12-14(13)2)15(3)16-8-10-18(11-9-16)19(4)5/h6-12H,3H2,1-2,4-5H3. The molecule has 0 unspecified atom stereocenters. The van der Waals surface area contributed by atoms with E-state index < -0.39 is 0 Å². The van der Waals surface area contributed by atoms with Gasteiger partial charge in [0.15, 0.2) is 0 Å². The normalized spacial score (nSPS) is 10.3. The van der Waals surface area contributed by atoms with Crippen LogP contribution >= 0.6 is 0 Å². The minimum absolute atomic E-state index is 1.08. The molecule has 0 aliphatic heterocycles. The van der Waals surface area contributed by atoms with Gasteiger partial charge in [0.2, 0.25) is 0 Å². The van der Waals surface area contributed by atoms with Crippen molar-refractivity contribution < 1.29 is 0 Å². The van der Waals surface area contributed by atoms with Gasteiger partial charge in [0.1, 0.15) is 0 Å². The van der Waals surface area contributed by atoms with Crippen LogP contribution in [0.15, 0.2) is 49.0 Å². The Labute approximate surface area is 116 Å². The van der Waals surface area contributed by atoms with Crippen LogP contribution in [0.2, 0.25) is 0 Å². The quantitative estimate of drug-likeness (QED) is 0.780. The maximum absolute atomic E-state index is 4.23. The Bertz CT molecular complexity index is 592. The zero-order valence-electron chi connectivity index (χ0n) is 12.2. The average molecular weight is 251 g/mol. The summed E-state index contributed by atoms with van der Waals surface area (Å²) in [5.41, 5.74) is 7.28. The lowest BCUT2D eigenvalue weighted by molar-refractivity contribution is 1.13. The molecule has 0 aromatic heterocycles. The van der Waals surface area contributed by atoms with Crippen LogP contribution in [0, 0.1) is 13.8 Å². The van der Waals surface area contributed by atoms with E-state index >= 15 is 0 Å². The summed E-state index contributed by atoms with van der Waals surface area (Å²) in [6.45, 7) is 8.50. The zero-order valence-corrected chi connectivity index (χ0v) is 12.2. The second-order valence-corrected chi connectivity index (χ2v) is 5.22. The molecule has 2 rings (SSSR count).